The third-order valence-corrected chi connectivity index (χ3v) is 5.64. The molecule has 0 aromatic carbocycles. The highest BCUT2D eigenvalue weighted by atomic mass is 16.1. The predicted molar refractivity (Wildman–Crippen MR) is 117 cm³/mol. The summed E-state index contributed by atoms with van der Waals surface area (Å²) in [6.07, 6.45) is 23.4. The molecule has 0 saturated heterocycles. The molecule has 0 rings (SSSR count). The Hall–Kier alpha value is -0.530. The number of hydrogen-bond donors (Lipinski definition) is 1. The van der Waals surface area contributed by atoms with Crippen molar-refractivity contribution in [3.63, 3.8) is 0 Å². The van der Waals surface area contributed by atoms with E-state index in [4.69, 9.17) is 0 Å². The molecule has 0 aliphatic rings. The SMILES string of the molecule is CCCCCCCCCCCCCCCC(=O)NCC(CC)CCCC. The molecular formula is C24H49NO. The number of rotatable bonds is 20. The highest BCUT2D eigenvalue weighted by molar-refractivity contribution is 5.75. The second kappa shape index (κ2) is 20.8. The number of amides is 1. The second-order valence-corrected chi connectivity index (χ2v) is 8.21. The van der Waals surface area contributed by atoms with Gasteiger partial charge in [-0.05, 0) is 18.8 Å². The van der Waals surface area contributed by atoms with Crippen LogP contribution in [0.5, 0.6) is 0 Å². The Morgan fingerprint density at radius 3 is 1.58 bits per heavy atom. The van der Waals surface area contributed by atoms with E-state index in [1.807, 2.05) is 0 Å². The fourth-order valence-electron chi connectivity index (χ4n) is 3.59. The molecule has 0 saturated carbocycles. The molecule has 156 valence electrons. The monoisotopic (exact) mass is 367 g/mol. The lowest BCUT2D eigenvalue weighted by molar-refractivity contribution is -0.121. The van der Waals surface area contributed by atoms with Crippen LogP contribution in [0.1, 0.15) is 136 Å². The first-order chi connectivity index (χ1) is 12.7. The fourth-order valence-corrected chi connectivity index (χ4v) is 3.59. The van der Waals surface area contributed by atoms with Crippen LogP contribution in [0.2, 0.25) is 0 Å². The second-order valence-electron chi connectivity index (χ2n) is 8.21. The molecule has 0 heterocycles. The van der Waals surface area contributed by atoms with Gasteiger partial charge in [-0.3, -0.25) is 4.79 Å². The minimum Gasteiger partial charge on any atom is -0.356 e. The lowest BCUT2D eigenvalue weighted by atomic mass is 9.99. The summed E-state index contributed by atoms with van der Waals surface area (Å²) in [4.78, 5) is 11.9. The zero-order chi connectivity index (χ0) is 19.3. The van der Waals surface area contributed by atoms with Crippen LogP contribution in [0.25, 0.3) is 0 Å². The Labute approximate surface area is 165 Å². The quantitative estimate of drug-likeness (QED) is 0.218. The van der Waals surface area contributed by atoms with E-state index >= 15 is 0 Å². The summed E-state index contributed by atoms with van der Waals surface area (Å²) in [5.41, 5.74) is 0. The van der Waals surface area contributed by atoms with Gasteiger partial charge in [0.2, 0.25) is 5.91 Å². The maximum Gasteiger partial charge on any atom is 0.220 e. The molecule has 0 aromatic rings. The summed E-state index contributed by atoms with van der Waals surface area (Å²) in [7, 11) is 0. The average molecular weight is 368 g/mol. The van der Waals surface area contributed by atoms with Crippen molar-refractivity contribution in [3.8, 4) is 0 Å². The van der Waals surface area contributed by atoms with E-state index in [1.165, 1.54) is 103 Å². The van der Waals surface area contributed by atoms with Crippen molar-refractivity contribution in [1.29, 1.82) is 0 Å². The summed E-state index contributed by atoms with van der Waals surface area (Å²) in [6, 6.07) is 0. The van der Waals surface area contributed by atoms with Crippen LogP contribution in [-0.2, 0) is 4.79 Å². The van der Waals surface area contributed by atoms with Crippen LogP contribution in [0.15, 0.2) is 0 Å². The Balaban J connectivity index is 3.30. The average Bonchev–Trinajstić information content (AvgIpc) is 2.65. The minimum atomic E-state index is 0.267. The zero-order valence-electron chi connectivity index (χ0n) is 18.4. The van der Waals surface area contributed by atoms with Gasteiger partial charge in [-0.1, -0.05) is 117 Å². The van der Waals surface area contributed by atoms with E-state index in [2.05, 4.69) is 26.1 Å². The summed E-state index contributed by atoms with van der Waals surface area (Å²) in [5, 5.41) is 3.15. The van der Waals surface area contributed by atoms with Gasteiger partial charge in [0.05, 0.1) is 0 Å². The fraction of sp³-hybridized carbons (Fsp3) is 0.958. The molecular weight excluding hydrogens is 318 g/mol. The maximum atomic E-state index is 11.9. The Morgan fingerprint density at radius 2 is 1.12 bits per heavy atom. The molecule has 1 unspecified atom stereocenters. The van der Waals surface area contributed by atoms with Crippen molar-refractivity contribution in [3.05, 3.63) is 0 Å². The van der Waals surface area contributed by atoms with E-state index in [-0.39, 0.29) is 5.91 Å². The molecule has 1 atom stereocenters. The number of carbonyl (C=O) groups excluding carboxylic acids is 1. The molecule has 0 spiro atoms. The summed E-state index contributed by atoms with van der Waals surface area (Å²) in [5.74, 6) is 0.938. The molecule has 26 heavy (non-hydrogen) atoms. The molecule has 0 aromatic heterocycles. The maximum absolute atomic E-state index is 11.9. The molecule has 0 aliphatic carbocycles. The largest absolute Gasteiger partial charge is 0.356 e. The Morgan fingerprint density at radius 1 is 0.654 bits per heavy atom. The van der Waals surface area contributed by atoms with E-state index in [9.17, 15) is 4.79 Å². The van der Waals surface area contributed by atoms with Crippen LogP contribution in [0, 0.1) is 5.92 Å². The predicted octanol–water partition coefficient (Wildman–Crippen LogP) is 7.80. The van der Waals surface area contributed by atoms with Crippen molar-refractivity contribution < 1.29 is 4.79 Å². The van der Waals surface area contributed by atoms with Crippen LogP contribution in [0.3, 0.4) is 0 Å². The number of nitrogens with one attached hydrogen (secondary N) is 1. The molecule has 0 radical (unpaired) electrons. The normalized spacial score (nSPS) is 12.3. The third-order valence-electron chi connectivity index (χ3n) is 5.64. The first-order valence-corrected chi connectivity index (χ1v) is 12.0. The zero-order valence-corrected chi connectivity index (χ0v) is 18.4. The van der Waals surface area contributed by atoms with E-state index in [0.29, 0.717) is 5.92 Å². The smallest absolute Gasteiger partial charge is 0.220 e. The van der Waals surface area contributed by atoms with Gasteiger partial charge in [0.25, 0.3) is 0 Å². The molecule has 1 N–H and O–H groups in total. The first kappa shape index (κ1) is 25.5. The topological polar surface area (TPSA) is 29.1 Å². The van der Waals surface area contributed by atoms with Gasteiger partial charge < -0.3 is 5.32 Å². The van der Waals surface area contributed by atoms with Crippen molar-refractivity contribution in [1.82, 2.24) is 5.32 Å². The molecule has 2 nitrogen and oxygen atoms in total. The van der Waals surface area contributed by atoms with Crippen LogP contribution >= 0.6 is 0 Å². The van der Waals surface area contributed by atoms with Crippen molar-refractivity contribution in [2.75, 3.05) is 6.54 Å². The summed E-state index contributed by atoms with van der Waals surface area (Å²) in [6.45, 7) is 7.63. The molecule has 0 bridgehead atoms. The van der Waals surface area contributed by atoms with Crippen LogP contribution in [0.4, 0.5) is 0 Å². The number of carbonyl (C=O) groups is 1. The number of unbranched alkanes of at least 4 members (excludes halogenated alkanes) is 13. The van der Waals surface area contributed by atoms with E-state index in [0.717, 1.165) is 19.4 Å². The van der Waals surface area contributed by atoms with Crippen molar-refractivity contribution in [2.24, 2.45) is 5.92 Å². The van der Waals surface area contributed by atoms with Gasteiger partial charge in [-0.2, -0.15) is 0 Å². The van der Waals surface area contributed by atoms with Gasteiger partial charge in [0.1, 0.15) is 0 Å². The van der Waals surface area contributed by atoms with Crippen LogP contribution in [-0.4, -0.2) is 12.5 Å². The molecule has 1 amide bonds. The third kappa shape index (κ3) is 18.3. The summed E-state index contributed by atoms with van der Waals surface area (Å²) < 4.78 is 0. The van der Waals surface area contributed by atoms with Gasteiger partial charge in [0, 0.05) is 13.0 Å². The van der Waals surface area contributed by atoms with Gasteiger partial charge in [-0.15, -0.1) is 0 Å². The Bertz CT molecular complexity index is 290. The lowest BCUT2D eigenvalue weighted by Gasteiger charge is -2.15. The molecule has 2 heteroatoms. The number of hydrogen-bond acceptors (Lipinski definition) is 1. The minimum absolute atomic E-state index is 0.267. The van der Waals surface area contributed by atoms with Gasteiger partial charge in [-0.25, -0.2) is 0 Å². The van der Waals surface area contributed by atoms with Crippen molar-refractivity contribution in [2.45, 2.75) is 136 Å². The van der Waals surface area contributed by atoms with E-state index < -0.39 is 0 Å². The lowest BCUT2D eigenvalue weighted by Crippen LogP contribution is -2.28. The summed E-state index contributed by atoms with van der Waals surface area (Å²) >= 11 is 0. The van der Waals surface area contributed by atoms with Gasteiger partial charge in [0.15, 0.2) is 0 Å². The standard InChI is InChI=1S/C24H49NO/c1-4-7-9-10-11-12-13-14-15-16-17-18-19-21-24(26)25-22-23(6-3)20-8-5-2/h23H,4-22H2,1-3H3,(H,25,26). The Kier molecular flexibility index (Phi) is 20.4. The highest BCUT2D eigenvalue weighted by Gasteiger charge is 2.08. The molecule has 0 fully saturated rings. The van der Waals surface area contributed by atoms with E-state index in [1.54, 1.807) is 0 Å². The first-order valence-electron chi connectivity index (χ1n) is 12.0. The van der Waals surface area contributed by atoms with Crippen molar-refractivity contribution >= 4 is 5.91 Å². The highest BCUT2D eigenvalue weighted by Crippen LogP contribution is 2.13. The molecule has 0 aliphatic heterocycles. The van der Waals surface area contributed by atoms with Crippen LogP contribution < -0.4 is 5.32 Å². The van der Waals surface area contributed by atoms with Gasteiger partial charge >= 0.3 is 0 Å².